The lowest BCUT2D eigenvalue weighted by Gasteiger charge is -2.28. The van der Waals surface area contributed by atoms with Crippen LogP contribution in [0.1, 0.15) is 60.5 Å². The highest BCUT2D eigenvalue weighted by atomic mass is 16.5. The molecule has 1 fully saturated rings. The SMILES string of the molecule is CCCOC1CCC(OC(=O)c2ccc(/C=C/C(=O)OCc3ccc(N)cc3N)cc2)CC1. The van der Waals surface area contributed by atoms with Crippen LogP contribution in [0.25, 0.3) is 6.08 Å². The van der Waals surface area contributed by atoms with Crippen molar-refractivity contribution in [3.05, 3.63) is 65.2 Å². The van der Waals surface area contributed by atoms with Crippen LogP contribution >= 0.6 is 0 Å². The molecule has 2 aromatic carbocycles. The summed E-state index contributed by atoms with van der Waals surface area (Å²) >= 11 is 0. The number of anilines is 2. The molecule has 2 aromatic rings. The zero-order valence-corrected chi connectivity index (χ0v) is 19.0. The first kappa shape index (κ1) is 24.3. The minimum Gasteiger partial charge on any atom is -0.459 e. The number of ether oxygens (including phenoxy) is 3. The van der Waals surface area contributed by atoms with E-state index in [1.165, 1.54) is 6.08 Å². The molecule has 3 rings (SSSR count). The lowest BCUT2D eigenvalue weighted by Crippen LogP contribution is -2.28. The molecule has 7 heteroatoms. The average Bonchev–Trinajstić information content (AvgIpc) is 2.82. The van der Waals surface area contributed by atoms with Crippen molar-refractivity contribution in [3.63, 3.8) is 0 Å². The first-order valence-electron chi connectivity index (χ1n) is 11.4. The van der Waals surface area contributed by atoms with Gasteiger partial charge in [-0.15, -0.1) is 0 Å². The summed E-state index contributed by atoms with van der Waals surface area (Å²) in [4.78, 5) is 24.4. The lowest BCUT2D eigenvalue weighted by atomic mass is 9.95. The van der Waals surface area contributed by atoms with Crippen LogP contribution in [-0.2, 0) is 25.6 Å². The van der Waals surface area contributed by atoms with Crippen LogP contribution in [0.4, 0.5) is 11.4 Å². The van der Waals surface area contributed by atoms with Crippen molar-refractivity contribution >= 4 is 29.4 Å². The number of carbonyl (C=O) groups is 2. The van der Waals surface area contributed by atoms with Crippen molar-refractivity contribution < 1.29 is 23.8 Å². The van der Waals surface area contributed by atoms with E-state index in [9.17, 15) is 9.59 Å². The van der Waals surface area contributed by atoms with Gasteiger partial charge < -0.3 is 25.7 Å². The summed E-state index contributed by atoms with van der Waals surface area (Å²) in [5, 5.41) is 0. The summed E-state index contributed by atoms with van der Waals surface area (Å²) in [6, 6.07) is 12.0. The fraction of sp³-hybridized carbons (Fsp3) is 0.385. The lowest BCUT2D eigenvalue weighted by molar-refractivity contribution is -0.138. The standard InChI is InChI=1S/C26H32N2O5/c1-2-15-31-22-10-12-23(13-11-22)33-26(30)19-6-3-18(4-7-19)5-14-25(29)32-17-20-8-9-21(27)16-24(20)28/h3-9,14,16,22-23H,2,10-13,15,17,27-28H2,1H3/b14-5+. The van der Waals surface area contributed by atoms with Gasteiger partial charge in [-0.25, -0.2) is 9.59 Å². The number of nitrogens with two attached hydrogens (primary N) is 2. The Hall–Kier alpha value is -3.32. The van der Waals surface area contributed by atoms with Crippen molar-refractivity contribution in [2.45, 2.75) is 57.8 Å². The summed E-state index contributed by atoms with van der Waals surface area (Å²) < 4.78 is 16.7. The molecule has 0 amide bonds. The molecule has 0 spiro atoms. The van der Waals surface area contributed by atoms with Gasteiger partial charge in [0.1, 0.15) is 12.7 Å². The van der Waals surface area contributed by atoms with Crippen molar-refractivity contribution in [2.24, 2.45) is 0 Å². The minimum atomic E-state index is -0.492. The minimum absolute atomic E-state index is 0.0622. The Kier molecular flexibility index (Phi) is 8.89. The Morgan fingerprint density at radius 1 is 1.00 bits per heavy atom. The zero-order chi connectivity index (χ0) is 23.6. The van der Waals surface area contributed by atoms with E-state index in [1.807, 2.05) is 0 Å². The highest BCUT2D eigenvalue weighted by Gasteiger charge is 2.24. The topological polar surface area (TPSA) is 114 Å². The van der Waals surface area contributed by atoms with E-state index in [-0.39, 0.29) is 24.8 Å². The Balaban J connectivity index is 1.44. The number of benzene rings is 2. The van der Waals surface area contributed by atoms with Gasteiger partial charge >= 0.3 is 11.9 Å². The maximum atomic E-state index is 12.4. The predicted molar refractivity (Wildman–Crippen MR) is 128 cm³/mol. The molecule has 176 valence electrons. The predicted octanol–water partition coefficient (Wildman–Crippen LogP) is 4.50. The molecule has 33 heavy (non-hydrogen) atoms. The smallest absolute Gasteiger partial charge is 0.338 e. The molecule has 1 saturated carbocycles. The Morgan fingerprint density at radius 2 is 1.70 bits per heavy atom. The fourth-order valence-corrected chi connectivity index (χ4v) is 3.66. The van der Waals surface area contributed by atoms with Crippen LogP contribution in [-0.4, -0.2) is 30.8 Å². The molecule has 0 bridgehead atoms. The summed E-state index contributed by atoms with van der Waals surface area (Å²) in [6.07, 6.45) is 7.67. The van der Waals surface area contributed by atoms with Crippen molar-refractivity contribution in [3.8, 4) is 0 Å². The molecule has 0 aromatic heterocycles. The molecule has 1 aliphatic carbocycles. The van der Waals surface area contributed by atoms with Crippen LogP contribution in [0.3, 0.4) is 0 Å². The van der Waals surface area contributed by atoms with Gasteiger partial charge in [0.15, 0.2) is 0 Å². The first-order chi connectivity index (χ1) is 15.9. The van der Waals surface area contributed by atoms with Gasteiger partial charge in [0.25, 0.3) is 0 Å². The second kappa shape index (κ2) is 12.1. The summed E-state index contributed by atoms with van der Waals surface area (Å²) in [5.41, 5.74) is 14.5. The van der Waals surface area contributed by atoms with Gasteiger partial charge in [-0.3, -0.25) is 0 Å². The zero-order valence-electron chi connectivity index (χ0n) is 19.0. The maximum Gasteiger partial charge on any atom is 0.338 e. The monoisotopic (exact) mass is 452 g/mol. The number of nitrogen functional groups attached to an aromatic ring is 2. The number of hydrogen-bond donors (Lipinski definition) is 2. The third-order valence-corrected chi connectivity index (χ3v) is 5.55. The van der Waals surface area contributed by atoms with Crippen LogP contribution < -0.4 is 11.5 Å². The van der Waals surface area contributed by atoms with E-state index < -0.39 is 5.97 Å². The van der Waals surface area contributed by atoms with E-state index in [4.69, 9.17) is 25.7 Å². The average molecular weight is 453 g/mol. The molecule has 1 aliphatic rings. The van der Waals surface area contributed by atoms with E-state index in [0.717, 1.165) is 44.3 Å². The molecule has 0 saturated heterocycles. The number of hydrogen-bond acceptors (Lipinski definition) is 7. The summed E-state index contributed by atoms with van der Waals surface area (Å²) in [5.74, 6) is -0.822. The number of rotatable bonds is 9. The normalized spacial score (nSPS) is 18.2. The van der Waals surface area contributed by atoms with Gasteiger partial charge in [0.05, 0.1) is 11.7 Å². The maximum absolute atomic E-state index is 12.4. The van der Waals surface area contributed by atoms with Crippen molar-refractivity contribution in [2.75, 3.05) is 18.1 Å². The number of esters is 2. The second-order valence-electron chi connectivity index (χ2n) is 8.20. The fourth-order valence-electron chi connectivity index (χ4n) is 3.66. The molecule has 0 radical (unpaired) electrons. The van der Waals surface area contributed by atoms with Crippen LogP contribution in [0.15, 0.2) is 48.5 Å². The second-order valence-corrected chi connectivity index (χ2v) is 8.20. The molecule has 4 N–H and O–H groups in total. The third-order valence-electron chi connectivity index (χ3n) is 5.55. The first-order valence-corrected chi connectivity index (χ1v) is 11.4. The number of carbonyl (C=O) groups excluding carboxylic acids is 2. The van der Waals surface area contributed by atoms with Gasteiger partial charge in [0, 0.05) is 29.6 Å². The van der Waals surface area contributed by atoms with E-state index >= 15 is 0 Å². The molecule has 0 aliphatic heterocycles. The largest absolute Gasteiger partial charge is 0.459 e. The van der Waals surface area contributed by atoms with E-state index in [0.29, 0.717) is 22.5 Å². The summed E-state index contributed by atoms with van der Waals surface area (Å²) in [7, 11) is 0. The van der Waals surface area contributed by atoms with Crippen molar-refractivity contribution in [1.82, 2.24) is 0 Å². The molecule has 0 unspecified atom stereocenters. The quantitative estimate of drug-likeness (QED) is 0.327. The highest BCUT2D eigenvalue weighted by Crippen LogP contribution is 2.24. The Labute approximate surface area is 194 Å². The summed E-state index contributed by atoms with van der Waals surface area (Å²) in [6.45, 7) is 2.94. The van der Waals surface area contributed by atoms with Gasteiger partial charge in [-0.05, 0) is 68.0 Å². The van der Waals surface area contributed by atoms with Gasteiger partial charge in [0.2, 0.25) is 0 Å². The molecular formula is C26H32N2O5. The Bertz CT molecular complexity index is 963. The highest BCUT2D eigenvalue weighted by molar-refractivity contribution is 5.90. The molecule has 0 heterocycles. The van der Waals surface area contributed by atoms with E-state index in [2.05, 4.69) is 6.92 Å². The van der Waals surface area contributed by atoms with Crippen molar-refractivity contribution in [1.29, 1.82) is 0 Å². The molecule has 0 atom stereocenters. The molecular weight excluding hydrogens is 420 g/mol. The molecule has 7 nitrogen and oxygen atoms in total. The third kappa shape index (κ3) is 7.64. The van der Waals surface area contributed by atoms with Crippen LogP contribution in [0, 0.1) is 0 Å². The van der Waals surface area contributed by atoms with Crippen LogP contribution in [0.2, 0.25) is 0 Å². The van der Waals surface area contributed by atoms with Gasteiger partial charge in [-0.2, -0.15) is 0 Å². The Morgan fingerprint density at radius 3 is 2.36 bits per heavy atom. The van der Waals surface area contributed by atoms with Crippen LogP contribution in [0.5, 0.6) is 0 Å². The van der Waals surface area contributed by atoms with E-state index in [1.54, 1.807) is 48.5 Å². The van der Waals surface area contributed by atoms with Gasteiger partial charge in [-0.1, -0.05) is 25.1 Å².